The predicted octanol–water partition coefficient (Wildman–Crippen LogP) is 1.21. The molecule has 0 unspecified atom stereocenters. The van der Waals surface area contributed by atoms with Crippen molar-refractivity contribution >= 4 is 17.5 Å². The average Bonchev–Trinajstić information content (AvgIpc) is 3.02. The molecule has 1 aliphatic rings. The lowest BCUT2D eigenvalue weighted by Gasteiger charge is -2.33. The molecule has 1 aromatic heterocycles. The lowest BCUT2D eigenvalue weighted by atomic mass is 10.2. The first kappa shape index (κ1) is 16.0. The van der Waals surface area contributed by atoms with Crippen molar-refractivity contribution in [1.82, 2.24) is 24.8 Å². The van der Waals surface area contributed by atoms with E-state index in [4.69, 9.17) is 11.6 Å². The molecule has 0 saturated carbocycles. The van der Waals surface area contributed by atoms with Crippen molar-refractivity contribution in [3.05, 3.63) is 47.8 Å². The van der Waals surface area contributed by atoms with Crippen LogP contribution in [0.15, 0.2) is 36.5 Å². The topological polar surface area (TPSA) is 54.3 Å². The van der Waals surface area contributed by atoms with E-state index in [2.05, 4.69) is 27.3 Å². The molecule has 0 bridgehead atoms. The molecule has 0 aliphatic carbocycles. The number of benzene rings is 1. The summed E-state index contributed by atoms with van der Waals surface area (Å²) in [6, 6.07) is 10.2. The minimum Gasteiger partial charge on any atom is -0.339 e. The summed E-state index contributed by atoms with van der Waals surface area (Å²) in [6.07, 6.45) is 1.99. The molecule has 0 N–H and O–H groups in total. The van der Waals surface area contributed by atoms with Crippen LogP contribution in [0.5, 0.6) is 0 Å². The van der Waals surface area contributed by atoms with Gasteiger partial charge in [0.05, 0.1) is 18.4 Å². The lowest BCUT2D eigenvalue weighted by molar-refractivity contribution is -0.130. The van der Waals surface area contributed by atoms with Crippen molar-refractivity contribution in [3.63, 3.8) is 0 Å². The van der Waals surface area contributed by atoms with E-state index >= 15 is 0 Å². The predicted molar refractivity (Wildman–Crippen MR) is 88.1 cm³/mol. The van der Waals surface area contributed by atoms with Gasteiger partial charge in [0.25, 0.3) is 0 Å². The van der Waals surface area contributed by atoms with E-state index < -0.39 is 0 Å². The van der Waals surface area contributed by atoms with Crippen LogP contribution in [-0.2, 0) is 17.9 Å². The highest BCUT2D eigenvalue weighted by atomic mass is 35.5. The smallest absolute Gasteiger partial charge is 0.237 e. The Bertz CT molecular complexity index is 637. The van der Waals surface area contributed by atoms with Gasteiger partial charge < -0.3 is 4.90 Å². The number of alkyl halides is 1. The van der Waals surface area contributed by atoms with Crippen molar-refractivity contribution in [2.75, 3.05) is 32.1 Å². The van der Waals surface area contributed by atoms with Crippen LogP contribution in [0.4, 0.5) is 0 Å². The Balaban J connectivity index is 1.51. The summed E-state index contributed by atoms with van der Waals surface area (Å²) in [5.74, 6) is 0.0773. The van der Waals surface area contributed by atoms with Gasteiger partial charge in [0.2, 0.25) is 5.91 Å². The molecule has 2 heterocycles. The van der Waals surface area contributed by atoms with Crippen LogP contribution in [0, 0.1) is 0 Å². The zero-order valence-electron chi connectivity index (χ0n) is 12.9. The van der Waals surface area contributed by atoms with Gasteiger partial charge in [0.1, 0.15) is 5.88 Å². The Hall–Kier alpha value is -1.92. The molecule has 3 rings (SSSR count). The monoisotopic (exact) mass is 333 g/mol. The van der Waals surface area contributed by atoms with Crippen LogP contribution in [-0.4, -0.2) is 62.8 Å². The third-order valence-corrected chi connectivity index (χ3v) is 4.23. The fourth-order valence-corrected chi connectivity index (χ4v) is 2.90. The SMILES string of the molecule is O=C(CCl)N1CCN(Cc2cn(Cc3ccccc3)nn2)CC1. The van der Waals surface area contributed by atoms with Crippen LogP contribution in [0.1, 0.15) is 11.3 Å². The minimum atomic E-state index is 0.0140. The number of aromatic nitrogens is 3. The number of carbonyl (C=O) groups excluding carboxylic acids is 1. The van der Waals surface area contributed by atoms with Crippen LogP contribution >= 0.6 is 11.6 Å². The molecular formula is C16H20ClN5O. The number of halogens is 1. The number of piperazine rings is 1. The Morgan fingerprint density at radius 2 is 1.83 bits per heavy atom. The van der Waals surface area contributed by atoms with Gasteiger partial charge in [-0.2, -0.15) is 0 Å². The van der Waals surface area contributed by atoms with E-state index in [1.807, 2.05) is 34.0 Å². The quantitative estimate of drug-likeness (QED) is 0.772. The van der Waals surface area contributed by atoms with Crippen molar-refractivity contribution in [2.45, 2.75) is 13.1 Å². The van der Waals surface area contributed by atoms with Crippen LogP contribution in [0.2, 0.25) is 0 Å². The zero-order valence-corrected chi connectivity index (χ0v) is 13.7. The summed E-state index contributed by atoms with van der Waals surface area (Å²) in [5, 5.41) is 8.44. The van der Waals surface area contributed by atoms with Gasteiger partial charge in [0, 0.05) is 32.7 Å². The first-order chi connectivity index (χ1) is 11.2. The molecule has 1 aromatic carbocycles. The van der Waals surface area contributed by atoms with Crippen molar-refractivity contribution in [3.8, 4) is 0 Å². The van der Waals surface area contributed by atoms with E-state index in [0.717, 1.165) is 45.0 Å². The van der Waals surface area contributed by atoms with Gasteiger partial charge >= 0.3 is 0 Å². The number of nitrogens with zero attached hydrogens (tertiary/aromatic N) is 5. The molecule has 1 saturated heterocycles. The highest BCUT2D eigenvalue weighted by Crippen LogP contribution is 2.08. The molecule has 0 radical (unpaired) electrons. The summed E-state index contributed by atoms with van der Waals surface area (Å²) in [7, 11) is 0. The first-order valence-electron chi connectivity index (χ1n) is 7.73. The molecule has 23 heavy (non-hydrogen) atoms. The molecule has 1 aliphatic heterocycles. The third-order valence-electron chi connectivity index (χ3n) is 4.00. The van der Waals surface area contributed by atoms with E-state index in [1.165, 1.54) is 5.56 Å². The molecule has 122 valence electrons. The molecule has 7 heteroatoms. The summed E-state index contributed by atoms with van der Waals surface area (Å²) in [6.45, 7) is 4.62. The second-order valence-corrected chi connectivity index (χ2v) is 5.95. The van der Waals surface area contributed by atoms with E-state index in [9.17, 15) is 4.79 Å². The molecule has 1 fully saturated rings. The van der Waals surface area contributed by atoms with E-state index in [1.54, 1.807) is 0 Å². The molecule has 0 atom stereocenters. The normalized spacial score (nSPS) is 15.8. The first-order valence-corrected chi connectivity index (χ1v) is 8.27. The number of rotatable bonds is 5. The molecule has 1 amide bonds. The highest BCUT2D eigenvalue weighted by Gasteiger charge is 2.20. The van der Waals surface area contributed by atoms with Crippen molar-refractivity contribution < 1.29 is 4.79 Å². The van der Waals surface area contributed by atoms with Crippen molar-refractivity contribution in [2.24, 2.45) is 0 Å². The van der Waals surface area contributed by atoms with Crippen molar-refractivity contribution in [1.29, 1.82) is 0 Å². The fourth-order valence-electron chi connectivity index (χ4n) is 2.73. The summed E-state index contributed by atoms with van der Waals surface area (Å²) in [4.78, 5) is 15.7. The number of amides is 1. The van der Waals surface area contributed by atoms with E-state index in [0.29, 0.717) is 0 Å². The summed E-state index contributed by atoms with van der Waals surface area (Å²) in [5.41, 5.74) is 2.16. The summed E-state index contributed by atoms with van der Waals surface area (Å²) < 4.78 is 1.86. The Kier molecular flexibility index (Phi) is 5.25. The number of hydrogen-bond acceptors (Lipinski definition) is 4. The van der Waals surface area contributed by atoms with Gasteiger partial charge in [-0.05, 0) is 5.56 Å². The Morgan fingerprint density at radius 3 is 2.52 bits per heavy atom. The van der Waals surface area contributed by atoms with Crippen LogP contribution in [0.25, 0.3) is 0 Å². The maximum Gasteiger partial charge on any atom is 0.237 e. The molecule has 6 nitrogen and oxygen atoms in total. The molecule has 0 spiro atoms. The summed E-state index contributed by atoms with van der Waals surface area (Å²) >= 11 is 5.59. The average molecular weight is 334 g/mol. The largest absolute Gasteiger partial charge is 0.339 e. The standard InChI is InChI=1S/C16H20ClN5O/c17-10-16(23)21-8-6-20(7-9-21)12-15-13-22(19-18-15)11-14-4-2-1-3-5-14/h1-5,13H,6-12H2. The van der Waals surface area contributed by atoms with Gasteiger partial charge in [-0.1, -0.05) is 35.5 Å². The maximum atomic E-state index is 11.6. The third kappa shape index (κ3) is 4.30. The fraction of sp³-hybridized carbons (Fsp3) is 0.438. The minimum absolute atomic E-state index is 0.0140. The molecular weight excluding hydrogens is 314 g/mol. The van der Waals surface area contributed by atoms with Gasteiger partial charge in [0.15, 0.2) is 0 Å². The van der Waals surface area contributed by atoms with Crippen LogP contribution in [0.3, 0.4) is 0 Å². The van der Waals surface area contributed by atoms with Gasteiger partial charge in [-0.15, -0.1) is 16.7 Å². The lowest BCUT2D eigenvalue weighted by Crippen LogP contribution is -2.48. The van der Waals surface area contributed by atoms with Crippen LogP contribution < -0.4 is 0 Å². The second-order valence-electron chi connectivity index (χ2n) is 5.68. The van der Waals surface area contributed by atoms with Gasteiger partial charge in [-0.3, -0.25) is 9.69 Å². The number of hydrogen-bond donors (Lipinski definition) is 0. The highest BCUT2D eigenvalue weighted by molar-refractivity contribution is 6.27. The Morgan fingerprint density at radius 1 is 1.09 bits per heavy atom. The molecule has 2 aromatic rings. The van der Waals surface area contributed by atoms with E-state index in [-0.39, 0.29) is 11.8 Å². The Labute approximate surface area is 140 Å². The number of carbonyl (C=O) groups is 1. The zero-order chi connectivity index (χ0) is 16.1. The maximum absolute atomic E-state index is 11.6. The second kappa shape index (κ2) is 7.57. The van der Waals surface area contributed by atoms with Gasteiger partial charge in [-0.25, -0.2) is 4.68 Å².